The highest BCUT2D eigenvalue weighted by Crippen LogP contribution is 2.33. The summed E-state index contributed by atoms with van der Waals surface area (Å²) in [5.41, 5.74) is -0.573. The topological polar surface area (TPSA) is 58.6 Å². The lowest BCUT2D eigenvalue weighted by molar-refractivity contribution is -0.274. The van der Waals surface area contributed by atoms with Crippen molar-refractivity contribution in [3.8, 4) is 5.75 Å². The molecule has 3 aromatic rings. The number of hydrogen-bond donors (Lipinski definition) is 2. The second-order valence-corrected chi connectivity index (χ2v) is 7.33. The number of nitrogens with one attached hydrogen (secondary N) is 1. The van der Waals surface area contributed by atoms with Gasteiger partial charge in [-0.1, -0.05) is 6.07 Å². The second kappa shape index (κ2) is 7.71. The van der Waals surface area contributed by atoms with Gasteiger partial charge in [-0.15, -0.1) is 24.5 Å². The molecular formula is C18H14F3NO3S2. The molecule has 2 heterocycles. The fourth-order valence-electron chi connectivity index (χ4n) is 2.46. The largest absolute Gasteiger partial charge is 0.573 e. The Labute approximate surface area is 160 Å². The number of thiophene rings is 2. The highest BCUT2D eigenvalue weighted by molar-refractivity contribution is 7.10. The molecule has 0 fully saturated rings. The van der Waals surface area contributed by atoms with Gasteiger partial charge in [-0.25, -0.2) is 0 Å². The molecule has 0 unspecified atom stereocenters. The minimum absolute atomic E-state index is 0.0795. The average molecular weight is 413 g/mol. The summed E-state index contributed by atoms with van der Waals surface area (Å²) in [5, 5.41) is 19.3. The molecule has 0 aliphatic rings. The van der Waals surface area contributed by atoms with E-state index in [4.69, 9.17) is 0 Å². The zero-order valence-corrected chi connectivity index (χ0v) is 15.3. The molecule has 0 aliphatic carbocycles. The molecular weight excluding hydrogens is 399 g/mol. The summed E-state index contributed by atoms with van der Waals surface area (Å²) in [5.74, 6) is -0.925. The molecule has 1 amide bonds. The molecule has 0 aliphatic heterocycles. The second-order valence-electron chi connectivity index (χ2n) is 5.60. The monoisotopic (exact) mass is 413 g/mol. The van der Waals surface area contributed by atoms with Crippen LogP contribution in [0.2, 0.25) is 0 Å². The van der Waals surface area contributed by atoms with Crippen LogP contribution in [-0.4, -0.2) is 23.9 Å². The van der Waals surface area contributed by atoms with Crippen molar-refractivity contribution in [1.82, 2.24) is 5.32 Å². The van der Waals surface area contributed by atoms with Gasteiger partial charge in [-0.05, 0) is 52.5 Å². The number of aliphatic hydroxyl groups is 1. The van der Waals surface area contributed by atoms with Crippen LogP contribution in [0.5, 0.6) is 5.75 Å². The van der Waals surface area contributed by atoms with E-state index >= 15 is 0 Å². The fourth-order valence-corrected chi connectivity index (χ4v) is 4.03. The molecule has 27 heavy (non-hydrogen) atoms. The Morgan fingerprint density at radius 2 is 1.85 bits per heavy atom. The molecule has 1 aromatic carbocycles. The van der Waals surface area contributed by atoms with Gasteiger partial charge < -0.3 is 15.2 Å². The molecule has 0 radical (unpaired) electrons. The fraction of sp³-hybridized carbons (Fsp3) is 0.167. The van der Waals surface area contributed by atoms with Gasteiger partial charge in [0.25, 0.3) is 5.91 Å². The lowest BCUT2D eigenvalue weighted by atomic mass is 9.94. The number of alkyl halides is 3. The lowest BCUT2D eigenvalue weighted by Crippen LogP contribution is -2.41. The van der Waals surface area contributed by atoms with Crippen molar-refractivity contribution in [3.63, 3.8) is 0 Å². The summed E-state index contributed by atoms with van der Waals surface area (Å²) in [6.07, 6.45) is -4.79. The third kappa shape index (κ3) is 4.68. The smallest absolute Gasteiger partial charge is 0.406 e. The van der Waals surface area contributed by atoms with E-state index in [0.29, 0.717) is 10.4 Å². The summed E-state index contributed by atoms with van der Waals surface area (Å²) in [4.78, 5) is 13.0. The van der Waals surface area contributed by atoms with E-state index in [1.165, 1.54) is 34.8 Å². The summed E-state index contributed by atoms with van der Waals surface area (Å²) in [6.45, 7) is -0.0795. The first-order valence-electron chi connectivity index (χ1n) is 7.71. The van der Waals surface area contributed by atoms with Crippen molar-refractivity contribution >= 4 is 28.6 Å². The quantitative estimate of drug-likeness (QED) is 0.631. The van der Waals surface area contributed by atoms with Crippen LogP contribution in [0.25, 0.3) is 0 Å². The number of benzene rings is 1. The molecule has 3 rings (SSSR count). The first-order chi connectivity index (χ1) is 12.8. The van der Waals surface area contributed by atoms with Crippen molar-refractivity contribution in [2.45, 2.75) is 12.0 Å². The number of carbonyl (C=O) groups is 1. The molecule has 0 spiro atoms. The van der Waals surface area contributed by atoms with Crippen molar-refractivity contribution in [3.05, 3.63) is 74.6 Å². The number of rotatable bonds is 6. The minimum Gasteiger partial charge on any atom is -0.406 e. The Balaban J connectivity index is 1.72. The van der Waals surface area contributed by atoms with E-state index in [1.807, 2.05) is 10.8 Å². The minimum atomic E-state index is -4.79. The zero-order chi connectivity index (χ0) is 19.5. The molecule has 4 nitrogen and oxygen atoms in total. The SMILES string of the molecule is O=C(NC[C@@](O)(c1ccsc1)c1cccs1)c1ccc(OC(F)(F)F)cc1. The normalized spacial score (nSPS) is 13.8. The van der Waals surface area contributed by atoms with Gasteiger partial charge in [0.2, 0.25) is 0 Å². The number of halogens is 3. The molecule has 9 heteroatoms. The predicted octanol–water partition coefficient (Wildman–Crippen LogP) is 4.37. The van der Waals surface area contributed by atoms with Gasteiger partial charge in [-0.2, -0.15) is 11.3 Å². The van der Waals surface area contributed by atoms with Gasteiger partial charge in [0.05, 0.1) is 6.54 Å². The Bertz CT molecular complexity index is 841. The molecule has 1 atom stereocenters. The van der Waals surface area contributed by atoms with Crippen LogP contribution in [0.4, 0.5) is 13.2 Å². The van der Waals surface area contributed by atoms with Crippen LogP contribution < -0.4 is 10.1 Å². The molecule has 0 bridgehead atoms. The zero-order valence-electron chi connectivity index (χ0n) is 13.7. The first kappa shape index (κ1) is 19.4. The first-order valence-corrected chi connectivity index (χ1v) is 9.53. The Hall–Kier alpha value is -2.36. The predicted molar refractivity (Wildman–Crippen MR) is 97.1 cm³/mol. The van der Waals surface area contributed by atoms with Crippen molar-refractivity contribution in [1.29, 1.82) is 0 Å². The van der Waals surface area contributed by atoms with Gasteiger partial charge in [0.15, 0.2) is 0 Å². The van der Waals surface area contributed by atoms with Crippen LogP contribution in [0, 0.1) is 0 Å². The number of ether oxygens (including phenoxy) is 1. The number of amides is 1. The van der Waals surface area contributed by atoms with Gasteiger partial charge in [0, 0.05) is 16.0 Å². The number of carbonyl (C=O) groups excluding carboxylic acids is 1. The van der Waals surface area contributed by atoms with E-state index in [2.05, 4.69) is 10.1 Å². The Morgan fingerprint density at radius 3 is 2.41 bits per heavy atom. The third-order valence-corrected chi connectivity index (χ3v) is 5.49. The van der Waals surface area contributed by atoms with Crippen molar-refractivity contribution in [2.24, 2.45) is 0 Å². The van der Waals surface area contributed by atoms with Crippen LogP contribution in [0.3, 0.4) is 0 Å². The maximum absolute atomic E-state index is 12.3. The summed E-state index contributed by atoms with van der Waals surface area (Å²) < 4.78 is 40.4. The Kier molecular flexibility index (Phi) is 5.54. The standard InChI is InChI=1S/C18H14F3NO3S2/c19-18(20,21)25-14-5-3-12(4-6-14)16(23)22-11-17(24,13-7-9-26-10-13)15-2-1-8-27-15/h1-10,24H,11H2,(H,22,23)/t17-/m1/s1. The van der Waals surface area contributed by atoms with E-state index in [-0.39, 0.29) is 12.1 Å². The highest BCUT2D eigenvalue weighted by atomic mass is 32.1. The van der Waals surface area contributed by atoms with Gasteiger partial charge in [0.1, 0.15) is 11.4 Å². The maximum Gasteiger partial charge on any atom is 0.573 e. The van der Waals surface area contributed by atoms with Gasteiger partial charge >= 0.3 is 6.36 Å². The lowest BCUT2D eigenvalue weighted by Gasteiger charge is -2.27. The van der Waals surface area contributed by atoms with E-state index < -0.39 is 23.6 Å². The summed E-state index contributed by atoms with van der Waals surface area (Å²) in [7, 11) is 0. The van der Waals surface area contributed by atoms with E-state index in [1.54, 1.807) is 23.6 Å². The third-order valence-electron chi connectivity index (χ3n) is 3.78. The van der Waals surface area contributed by atoms with Crippen LogP contribution >= 0.6 is 22.7 Å². The molecule has 142 valence electrons. The van der Waals surface area contributed by atoms with E-state index in [9.17, 15) is 23.1 Å². The average Bonchev–Trinajstić information content (AvgIpc) is 3.32. The Morgan fingerprint density at radius 1 is 1.11 bits per heavy atom. The molecule has 2 aromatic heterocycles. The van der Waals surface area contributed by atoms with Gasteiger partial charge in [-0.3, -0.25) is 4.79 Å². The maximum atomic E-state index is 12.3. The van der Waals surface area contributed by atoms with Crippen molar-refractivity contribution < 1.29 is 27.8 Å². The van der Waals surface area contributed by atoms with Crippen LogP contribution in [0.1, 0.15) is 20.8 Å². The van der Waals surface area contributed by atoms with Crippen LogP contribution in [0.15, 0.2) is 58.6 Å². The summed E-state index contributed by atoms with van der Waals surface area (Å²) in [6, 6.07) is 9.94. The molecule has 0 saturated heterocycles. The summed E-state index contributed by atoms with van der Waals surface area (Å²) >= 11 is 2.79. The number of hydrogen-bond acceptors (Lipinski definition) is 5. The molecule has 2 N–H and O–H groups in total. The van der Waals surface area contributed by atoms with E-state index in [0.717, 1.165) is 12.1 Å². The van der Waals surface area contributed by atoms with Crippen LogP contribution in [-0.2, 0) is 5.60 Å². The van der Waals surface area contributed by atoms with Crippen molar-refractivity contribution in [2.75, 3.05) is 6.54 Å². The highest BCUT2D eigenvalue weighted by Gasteiger charge is 2.34. The molecule has 0 saturated carbocycles.